The average Bonchev–Trinajstić information content (AvgIpc) is 2.33. The normalized spacial score (nSPS) is 11.3. The first-order valence-corrected chi connectivity index (χ1v) is 7.08. The summed E-state index contributed by atoms with van der Waals surface area (Å²) >= 11 is 0. The fraction of sp³-hybridized carbons (Fsp3) is 0.0769. The maximum Gasteiger partial charge on any atom is 0.238 e. The molecule has 2 rings (SSSR count). The van der Waals surface area contributed by atoms with Crippen molar-refractivity contribution >= 4 is 15.7 Å². The van der Waals surface area contributed by atoms with Crippen LogP contribution in [0.2, 0.25) is 0 Å². The molecular weight excluding hydrogens is 264 g/mol. The molecular formula is C13H14N2O3S. The van der Waals surface area contributed by atoms with E-state index < -0.39 is 10.0 Å². The number of anilines is 1. The summed E-state index contributed by atoms with van der Waals surface area (Å²) in [4.78, 5) is -0.0381. The van der Waals surface area contributed by atoms with Crippen molar-refractivity contribution in [3.63, 3.8) is 0 Å². The number of primary sulfonamides is 1. The average molecular weight is 278 g/mol. The number of rotatable bonds is 3. The van der Waals surface area contributed by atoms with Gasteiger partial charge in [-0.05, 0) is 31.2 Å². The van der Waals surface area contributed by atoms with Crippen molar-refractivity contribution in [1.82, 2.24) is 0 Å². The molecule has 0 aliphatic rings. The summed E-state index contributed by atoms with van der Waals surface area (Å²) in [7, 11) is -3.78. The molecule has 0 unspecified atom stereocenters. The van der Waals surface area contributed by atoms with Gasteiger partial charge in [0, 0.05) is 6.07 Å². The number of benzene rings is 2. The first-order chi connectivity index (χ1) is 8.86. The molecule has 0 amide bonds. The summed E-state index contributed by atoms with van der Waals surface area (Å²) in [6, 6.07) is 11.4. The fourth-order valence-corrected chi connectivity index (χ4v) is 2.04. The molecule has 0 aliphatic carbocycles. The topological polar surface area (TPSA) is 95.4 Å². The van der Waals surface area contributed by atoms with Crippen LogP contribution in [0.15, 0.2) is 47.4 Å². The Morgan fingerprint density at radius 2 is 1.68 bits per heavy atom. The molecule has 4 N–H and O–H groups in total. The second-order valence-electron chi connectivity index (χ2n) is 4.16. The zero-order valence-electron chi connectivity index (χ0n) is 10.3. The molecule has 0 radical (unpaired) electrons. The van der Waals surface area contributed by atoms with Crippen LogP contribution in [0, 0.1) is 6.92 Å². The van der Waals surface area contributed by atoms with E-state index in [2.05, 4.69) is 0 Å². The van der Waals surface area contributed by atoms with Crippen molar-refractivity contribution in [3.8, 4) is 11.5 Å². The van der Waals surface area contributed by atoms with Crippen LogP contribution < -0.4 is 15.6 Å². The number of sulfonamides is 1. The quantitative estimate of drug-likeness (QED) is 0.839. The largest absolute Gasteiger partial charge is 0.455 e. The Balaban J connectivity index is 2.37. The fourth-order valence-electron chi connectivity index (χ4n) is 1.51. The predicted molar refractivity (Wildman–Crippen MR) is 73.5 cm³/mol. The number of aryl methyl sites for hydroxylation is 1. The molecule has 0 atom stereocenters. The molecule has 2 aromatic rings. The Labute approximate surface area is 111 Å². The first-order valence-electron chi connectivity index (χ1n) is 5.53. The van der Waals surface area contributed by atoms with Crippen molar-refractivity contribution in [3.05, 3.63) is 48.0 Å². The van der Waals surface area contributed by atoms with Crippen LogP contribution in [0.25, 0.3) is 0 Å². The van der Waals surface area contributed by atoms with Gasteiger partial charge >= 0.3 is 0 Å². The van der Waals surface area contributed by atoms with Crippen LogP contribution in [-0.2, 0) is 10.0 Å². The zero-order valence-corrected chi connectivity index (χ0v) is 11.1. The van der Waals surface area contributed by atoms with Crippen LogP contribution in [0.1, 0.15) is 5.56 Å². The summed E-state index contributed by atoms with van der Waals surface area (Å²) in [5, 5.41) is 5.06. The number of nitrogen functional groups attached to an aromatic ring is 1. The Morgan fingerprint density at radius 3 is 2.26 bits per heavy atom. The van der Waals surface area contributed by atoms with E-state index in [1.807, 2.05) is 19.1 Å². The van der Waals surface area contributed by atoms with Crippen LogP contribution >= 0.6 is 0 Å². The highest BCUT2D eigenvalue weighted by atomic mass is 32.2. The first kappa shape index (κ1) is 13.4. The third-order valence-corrected chi connectivity index (χ3v) is 3.47. The van der Waals surface area contributed by atoms with Crippen LogP contribution in [0.4, 0.5) is 5.69 Å². The van der Waals surface area contributed by atoms with Crippen LogP contribution in [0.5, 0.6) is 11.5 Å². The number of nitrogens with two attached hydrogens (primary N) is 2. The molecule has 5 nitrogen and oxygen atoms in total. The molecule has 2 aromatic carbocycles. The number of ether oxygens (including phenoxy) is 1. The summed E-state index contributed by atoms with van der Waals surface area (Å²) in [6.07, 6.45) is 0. The van der Waals surface area contributed by atoms with Gasteiger partial charge in [-0.1, -0.05) is 17.7 Å². The van der Waals surface area contributed by atoms with E-state index in [1.165, 1.54) is 18.2 Å². The SMILES string of the molecule is Cc1ccc(Oc2cc(S(N)(=O)=O)ccc2N)cc1. The minimum Gasteiger partial charge on any atom is -0.455 e. The molecule has 0 saturated heterocycles. The van der Waals surface area contributed by atoms with Gasteiger partial charge in [-0.3, -0.25) is 0 Å². The molecule has 6 heteroatoms. The highest BCUT2D eigenvalue weighted by Crippen LogP contribution is 2.29. The Kier molecular flexibility index (Phi) is 3.46. The van der Waals surface area contributed by atoms with Crippen molar-refractivity contribution in [1.29, 1.82) is 0 Å². The van der Waals surface area contributed by atoms with E-state index >= 15 is 0 Å². The molecule has 0 fully saturated rings. The van der Waals surface area contributed by atoms with Crippen LogP contribution in [-0.4, -0.2) is 8.42 Å². The molecule has 0 saturated carbocycles. The second-order valence-corrected chi connectivity index (χ2v) is 5.72. The molecule has 0 heterocycles. The van der Waals surface area contributed by atoms with E-state index in [4.69, 9.17) is 15.6 Å². The predicted octanol–water partition coefficient (Wildman–Crippen LogP) is 2.02. The minimum atomic E-state index is -3.78. The van der Waals surface area contributed by atoms with E-state index in [9.17, 15) is 8.42 Å². The lowest BCUT2D eigenvalue weighted by Crippen LogP contribution is -2.12. The summed E-state index contributed by atoms with van der Waals surface area (Å²) in [5.74, 6) is 0.833. The molecule has 0 aliphatic heterocycles. The second kappa shape index (κ2) is 4.91. The van der Waals surface area contributed by atoms with Gasteiger partial charge in [-0.25, -0.2) is 13.6 Å². The maximum absolute atomic E-state index is 11.3. The third-order valence-electron chi connectivity index (χ3n) is 2.56. The number of hydrogen-bond donors (Lipinski definition) is 2. The van der Waals surface area contributed by atoms with Gasteiger partial charge in [0.05, 0.1) is 10.6 Å². The molecule has 19 heavy (non-hydrogen) atoms. The van der Waals surface area contributed by atoms with Crippen LogP contribution in [0.3, 0.4) is 0 Å². The van der Waals surface area contributed by atoms with Gasteiger partial charge < -0.3 is 10.5 Å². The highest BCUT2D eigenvalue weighted by molar-refractivity contribution is 7.89. The minimum absolute atomic E-state index is 0.0381. The van der Waals surface area contributed by atoms with Gasteiger partial charge in [0.2, 0.25) is 10.0 Å². The van der Waals surface area contributed by atoms with E-state index in [0.717, 1.165) is 5.56 Å². The standard InChI is InChI=1S/C13H14N2O3S/c1-9-2-4-10(5-3-9)18-13-8-11(19(15,16)17)6-7-12(13)14/h2-8H,14H2,1H3,(H2,15,16,17). The van der Waals surface area contributed by atoms with E-state index in [0.29, 0.717) is 11.4 Å². The van der Waals surface area contributed by atoms with Gasteiger partial charge in [-0.2, -0.15) is 0 Å². The summed E-state index contributed by atoms with van der Waals surface area (Å²) in [5.41, 5.74) is 7.19. The summed E-state index contributed by atoms with van der Waals surface area (Å²) < 4.78 is 28.1. The van der Waals surface area contributed by atoms with Crippen molar-refractivity contribution in [2.75, 3.05) is 5.73 Å². The summed E-state index contributed by atoms with van der Waals surface area (Å²) in [6.45, 7) is 1.96. The molecule has 0 aromatic heterocycles. The lowest BCUT2D eigenvalue weighted by molar-refractivity contribution is 0.483. The zero-order chi connectivity index (χ0) is 14.0. The lowest BCUT2D eigenvalue weighted by atomic mass is 10.2. The lowest BCUT2D eigenvalue weighted by Gasteiger charge is -2.10. The van der Waals surface area contributed by atoms with Crippen molar-refractivity contribution < 1.29 is 13.2 Å². The van der Waals surface area contributed by atoms with E-state index in [1.54, 1.807) is 12.1 Å². The van der Waals surface area contributed by atoms with Gasteiger partial charge in [0.1, 0.15) is 5.75 Å². The third kappa shape index (κ3) is 3.24. The Bertz CT molecular complexity index is 694. The Morgan fingerprint density at radius 1 is 1.05 bits per heavy atom. The van der Waals surface area contributed by atoms with Crippen molar-refractivity contribution in [2.45, 2.75) is 11.8 Å². The monoisotopic (exact) mass is 278 g/mol. The highest BCUT2D eigenvalue weighted by Gasteiger charge is 2.11. The number of hydrogen-bond acceptors (Lipinski definition) is 4. The molecule has 0 bridgehead atoms. The van der Waals surface area contributed by atoms with Gasteiger partial charge in [0.15, 0.2) is 5.75 Å². The molecule has 100 valence electrons. The smallest absolute Gasteiger partial charge is 0.238 e. The Hall–Kier alpha value is -2.05. The van der Waals surface area contributed by atoms with Gasteiger partial charge in [-0.15, -0.1) is 0 Å². The van der Waals surface area contributed by atoms with Gasteiger partial charge in [0.25, 0.3) is 0 Å². The maximum atomic E-state index is 11.3. The van der Waals surface area contributed by atoms with Crippen molar-refractivity contribution in [2.24, 2.45) is 5.14 Å². The van der Waals surface area contributed by atoms with E-state index in [-0.39, 0.29) is 10.6 Å². The molecule has 0 spiro atoms.